The van der Waals surface area contributed by atoms with Gasteiger partial charge >= 0.3 is 0 Å². The first-order chi connectivity index (χ1) is 19.5. The molecule has 2 heterocycles. The average molecular weight is 538 g/mol. The Balaban J connectivity index is 1.17. The summed E-state index contributed by atoms with van der Waals surface area (Å²) in [4.78, 5) is 32.2. The fourth-order valence-corrected chi connectivity index (χ4v) is 5.09. The summed E-state index contributed by atoms with van der Waals surface area (Å²) in [5.74, 6) is 1.65. The van der Waals surface area contributed by atoms with E-state index in [1.165, 1.54) is 17.4 Å². The molecule has 0 saturated heterocycles. The fourth-order valence-electron chi connectivity index (χ4n) is 5.09. The number of nitrogens with one attached hydrogen (secondary N) is 1. The van der Waals surface area contributed by atoms with Crippen LogP contribution in [0.2, 0.25) is 0 Å². The number of aromatic nitrogens is 1. The van der Waals surface area contributed by atoms with E-state index in [4.69, 9.17) is 13.9 Å². The number of anilines is 1. The van der Waals surface area contributed by atoms with Gasteiger partial charge in [-0.2, -0.15) is 0 Å². The molecule has 8 nitrogen and oxygen atoms in total. The summed E-state index contributed by atoms with van der Waals surface area (Å²) in [6.07, 6.45) is 4.08. The van der Waals surface area contributed by atoms with E-state index < -0.39 is 0 Å². The molecule has 40 heavy (non-hydrogen) atoms. The van der Waals surface area contributed by atoms with Gasteiger partial charge in [-0.3, -0.25) is 9.59 Å². The highest BCUT2D eigenvalue weighted by atomic mass is 16.5. The Labute approximate surface area is 232 Å². The summed E-state index contributed by atoms with van der Waals surface area (Å²) in [7, 11) is 1.59. The van der Waals surface area contributed by atoms with E-state index in [1.54, 1.807) is 31.4 Å². The van der Waals surface area contributed by atoms with Crippen molar-refractivity contribution in [3.8, 4) is 11.5 Å². The molecule has 1 saturated carbocycles. The molecule has 1 atom stereocenters. The largest absolute Gasteiger partial charge is 0.497 e. The van der Waals surface area contributed by atoms with Gasteiger partial charge in [0.2, 0.25) is 11.8 Å². The molecule has 1 aliphatic carbocycles. The Hall–Kier alpha value is -4.59. The number of benzene rings is 3. The van der Waals surface area contributed by atoms with Crippen molar-refractivity contribution in [2.45, 2.75) is 38.8 Å². The second-order valence-corrected chi connectivity index (χ2v) is 10.3. The predicted octanol–water partition coefficient (Wildman–Crippen LogP) is 5.71. The zero-order valence-corrected chi connectivity index (χ0v) is 22.6. The van der Waals surface area contributed by atoms with Crippen LogP contribution in [-0.2, 0) is 17.8 Å². The van der Waals surface area contributed by atoms with Crippen molar-refractivity contribution in [3.05, 3.63) is 107 Å². The summed E-state index contributed by atoms with van der Waals surface area (Å²) >= 11 is 0. The van der Waals surface area contributed by atoms with Crippen LogP contribution in [0, 0.1) is 12.8 Å². The molecule has 1 N–H and O–H groups in total. The number of oxazole rings is 1. The summed E-state index contributed by atoms with van der Waals surface area (Å²) in [5, 5.41) is 2.79. The first kappa shape index (κ1) is 25.7. The van der Waals surface area contributed by atoms with E-state index in [-0.39, 0.29) is 36.1 Å². The van der Waals surface area contributed by atoms with Gasteiger partial charge in [0.15, 0.2) is 12.3 Å². The summed E-state index contributed by atoms with van der Waals surface area (Å²) < 4.78 is 16.7. The molecule has 4 aromatic rings. The minimum absolute atomic E-state index is 0.0640. The molecule has 1 aromatic heterocycles. The lowest BCUT2D eigenvalue weighted by molar-refractivity contribution is -0.134. The van der Waals surface area contributed by atoms with E-state index in [1.807, 2.05) is 17.0 Å². The Morgan fingerprint density at radius 1 is 1.02 bits per heavy atom. The molecule has 1 fully saturated rings. The maximum atomic E-state index is 13.3. The molecule has 204 valence electrons. The van der Waals surface area contributed by atoms with Gasteiger partial charge in [0.1, 0.15) is 17.8 Å². The van der Waals surface area contributed by atoms with Crippen LogP contribution < -0.4 is 14.8 Å². The number of carbonyl (C=O) groups is 2. The highest BCUT2D eigenvalue weighted by Gasteiger charge is 2.39. The Morgan fingerprint density at radius 2 is 1.77 bits per heavy atom. The molecular formula is C32H31N3O5. The minimum atomic E-state index is -0.379. The smallest absolute Gasteiger partial charge is 0.277 e. The van der Waals surface area contributed by atoms with Crippen LogP contribution in [0.25, 0.3) is 0 Å². The van der Waals surface area contributed by atoms with E-state index in [0.29, 0.717) is 29.6 Å². The van der Waals surface area contributed by atoms with Crippen molar-refractivity contribution in [1.29, 1.82) is 0 Å². The van der Waals surface area contributed by atoms with Gasteiger partial charge in [-0.1, -0.05) is 35.9 Å². The lowest BCUT2D eigenvalue weighted by atomic mass is 9.87. The minimum Gasteiger partial charge on any atom is -0.497 e. The molecule has 1 unspecified atom stereocenters. The predicted molar refractivity (Wildman–Crippen MR) is 149 cm³/mol. The summed E-state index contributed by atoms with van der Waals surface area (Å²) in [5.41, 5.74) is 5.35. The number of fused-ring (bicyclic) bond motifs is 1. The van der Waals surface area contributed by atoms with Gasteiger partial charge in [0, 0.05) is 18.2 Å². The number of nitrogens with zero attached hydrogens (tertiary/aromatic N) is 2. The number of rotatable bonds is 8. The summed E-state index contributed by atoms with van der Waals surface area (Å²) in [6, 6.07) is 21.3. The molecule has 2 aliphatic rings. The molecule has 6 rings (SSSR count). The normalized spacial score (nSPS) is 16.2. The Kier molecular flexibility index (Phi) is 6.99. The SMILES string of the molecule is COc1ccc(NC(=O)c2coc(COc3ccc4c(c3)C(c3ccc(C)cc3)N(C(=O)C3CC3)CC4)n2)cc1. The number of carbonyl (C=O) groups excluding carboxylic acids is 2. The van der Waals surface area contributed by atoms with Gasteiger partial charge < -0.3 is 24.1 Å². The van der Waals surface area contributed by atoms with E-state index >= 15 is 0 Å². The highest BCUT2D eigenvalue weighted by molar-refractivity contribution is 6.02. The van der Waals surface area contributed by atoms with Crippen LogP contribution in [-0.4, -0.2) is 35.4 Å². The highest BCUT2D eigenvalue weighted by Crippen LogP contribution is 2.41. The molecule has 8 heteroatoms. The van der Waals surface area contributed by atoms with Gasteiger partial charge in [-0.25, -0.2) is 4.98 Å². The fraction of sp³-hybridized carbons (Fsp3) is 0.281. The number of aryl methyl sites for hydroxylation is 1. The van der Waals surface area contributed by atoms with Crippen molar-refractivity contribution in [3.63, 3.8) is 0 Å². The first-order valence-corrected chi connectivity index (χ1v) is 13.5. The monoisotopic (exact) mass is 537 g/mol. The van der Waals surface area contributed by atoms with Gasteiger partial charge in [-0.15, -0.1) is 0 Å². The Bertz CT molecular complexity index is 1520. The molecule has 3 aromatic carbocycles. The van der Waals surface area contributed by atoms with Crippen molar-refractivity contribution in [2.24, 2.45) is 5.92 Å². The van der Waals surface area contributed by atoms with E-state index in [2.05, 4.69) is 47.6 Å². The van der Waals surface area contributed by atoms with Crippen molar-refractivity contribution >= 4 is 17.5 Å². The van der Waals surface area contributed by atoms with Crippen molar-refractivity contribution < 1.29 is 23.5 Å². The summed E-state index contributed by atoms with van der Waals surface area (Å²) in [6.45, 7) is 2.84. The topological polar surface area (TPSA) is 93.9 Å². The lowest BCUT2D eigenvalue weighted by Crippen LogP contribution is -2.41. The first-order valence-electron chi connectivity index (χ1n) is 13.5. The molecule has 0 radical (unpaired) electrons. The van der Waals surface area contributed by atoms with E-state index in [9.17, 15) is 9.59 Å². The average Bonchev–Trinajstić information content (AvgIpc) is 3.73. The molecule has 0 spiro atoms. The number of amides is 2. The van der Waals surface area contributed by atoms with Crippen molar-refractivity contribution in [1.82, 2.24) is 9.88 Å². The van der Waals surface area contributed by atoms with Gasteiger partial charge in [0.05, 0.1) is 13.2 Å². The van der Waals surface area contributed by atoms with Crippen molar-refractivity contribution in [2.75, 3.05) is 19.0 Å². The van der Waals surface area contributed by atoms with Gasteiger partial charge in [0.25, 0.3) is 5.91 Å². The lowest BCUT2D eigenvalue weighted by Gasteiger charge is -2.38. The molecule has 1 aliphatic heterocycles. The quantitative estimate of drug-likeness (QED) is 0.310. The second kappa shape index (κ2) is 10.9. The maximum absolute atomic E-state index is 13.3. The van der Waals surface area contributed by atoms with Crippen LogP contribution >= 0.6 is 0 Å². The number of methoxy groups -OCH3 is 1. The van der Waals surface area contributed by atoms with Gasteiger partial charge in [-0.05, 0) is 79.3 Å². The second-order valence-electron chi connectivity index (χ2n) is 10.3. The van der Waals surface area contributed by atoms with E-state index in [0.717, 1.165) is 30.4 Å². The van der Waals surface area contributed by atoms with Crippen LogP contribution in [0.15, 0.2) is 77.4 Å². The standard InChI is InChI=1S/C32H31N3O5/c1-20-3-5-22(6-4-20)30-27-17-26(12-9-21(27)15-16-35(30)32(37)23-7-8-23)39-19-29-34-28(18-40-29)31(36)33-24-10-13-25(38-2)14-11-24/h3-6,9-14,17-18,23,30H,7-8,15-16,19H2,1-2H3,(H,33,36). The Morgan fingerprint density at radius 3 is 2.50 bits per heavy atom. The number of hydrogen-bond donors (Lipinski definition) is 1. The third kappa shape index (κ3) is 5.43. The third-order valence-corrected chi connectivity index (χ3v) is 7.44. The molecule has 0 bridgehead atoms. The van der Waals surface area contributed by atoms with Crippen LogP contribution in [0.1, 0.15) is 57.5 Å². The number of hydrogen-bond acceptors (Lipinski definition) is 6. The van der Waals surface area contributed by atoms with Crippen LogP contribution in [0.4, 0.5) is 5.69 Å². The zero-order valence-electron chi connectivity index (χ0n) is 22.6. The third-order valence-electron chi connectivity index (χ3n) is 7.44. The maximum Gasteiger partial charge on any atom is 0.277 e. The van der Waals surface area contributed by atoms with Crippen LogP contribution in [0.3, 0.4) is 0 Å². The molecular weight excluding hydrogens is 506 g/mol. The van der Waals surface area contributed by atoms with Crippen LogP contribution in [0.5, 0.6) is 11.5 Å². The number of ether oxygens (including phenoxy) is 2. The zero-order chi connectivity index (χ0) is 27.6. The molecule has 2 amide bonds.